The Morgan fingerprint density at radius 3 is 3.06 bits per heavy atom. The third kappa shape index (κ3) is 2.85. The van der Waals surface area contributed by atoms with Crippen LogP contribution in [0.15, 0.2) is 18.2 Å². The number of nitrogens with one attached hydrogen (secondary N) is 1. The van der Waals surface area contributed by atoms with Gasteiger partial charge in [0.1, 0.15) is 11.6 Å². The van der Waals surface area contributed by atoms with Crippen LogP contribution in [-0.4, -0.2) is 38.8 Å². The van der Waals surface area contributed by atoms with E-state index >= 15 is 0 Å². The first kappa shape index (κ1) is 11.2. The van der Waals surface area contributed by atoms with Crippen LogP contribution in [0.2, 0.25) is 0 Å². The van der Waals surface area contributed by atoms with E-state index < -0.39 is 0 Å². The third-order valence-corrected chi connectivity index (χ3v) is 2.79. The molecular weight excluding hydrogens is 202 g/mol. The van der Waals surface area contributed by atoms with Crippen LogP contribution < -0.4 is 10.2 Å². The van der Waals surface area contributed by atoms with E-state index in [-0.39, 0.29) is 0 Å². The van der Waals surface area contributed by atoms with Gasteiger partial charge in [-0.25, -0.2) is 4.98 Å². The molecule has 0 aromatic carbocycles. The Morgan fingerprint density at radius 1 is 1.50 bits per heavy atom. The van der Waals surface area contributed by atoms with Gasteiger partial charge in [-0.3, -0.25) is 0 Å². The smallest absolute Gasteiger partial charge is 0.130 e. The third-order valence-electron chi connectivity index (χ3n) is 2.79. The maximum Gasteiger partial charge on any atom is 0.130 e. The Balaban J connectivity index is 1.90. The second-order valence-corrected chi connectivity index (χ2v) is 4.39. The molecule has 1 unspecified atom stereocenters. The van der Waals surface area contributed by atoms with Crippen LogP contribution in [0.1, 0.15) is 6.42 Å². The van der Waals surface area contributed by atoms with Crippen LogP contribution in [0.4, 0.5) is 11.6 Å². The largest absolute Gasteiger partial charge is 0.381 e. The highest BCUT2D eigenvalue weighted by molar-refractivity contribution is 5.45. The van der Waals surface area contributed by atoms with Gasteiger partial charge in [0.2, 0.25) is 0 Å². The second-order valence-electron chi connectivity index (χ2n) is 4.39. The lowest BCUT2D eigenvalue weighted by atomic mass is 10.1. The van der Waals surface area contributed by atoms with Crippen molar-refractivity contribution < 1.29 is 4.74 Å². The molecule has 1 aliphatic rings. The lowest BCUT2D eigenvalue weighted by molar-refractivity contribution is 0.187. The highest BCUT2D eigenvalue weighted by atomic mass is 16.5. The Bertz CT molecular complexity index is 335. The summed E-state index contributed by atoms with van der Waals surface area (Å²) in [6.45, 7) is 2.72. The van der Waals surface area contributed by atoms with Crippen molar-refractivity contribution >= 4 is 11.6 Å². The molecule has 0 spiro atoms. The number of hydrogen-bond donors (Lipinski definition) is 1. The van der Waals surface area contributed by atoms with Crippen LogP contribution in [0.5, 0.6) is 0 Å². The highest BCUT2D eigenvalue weighted by Crippen LogP contribution is 2.15. The summed E-state index contributed by atoms with van der Waals surface area (Å²) in [6.07, 6.45) is 1.15. The number of hydrogen-bond acceptors (Lipinski definition) is 4. The van der Waals surface area contributed by atoms with Gasteiger partial charge >= 0.3 is 0 Å². The monoisotopic (exact) mass is 221 g/mol. The molecule has 1 aromatic rings. The zero-order valence-corrected chi connectivity index (χ0v) is 9.94. The molecule has 16 heavy (non-hydrogen) atoms. The number of pyridine rings is 1. The van der Waals surface area contributed by atoms with Crippen molar-refractivity contribution in [3.63, 3.8) is 0 Å². The first-order chi connectivity index (χ1) is 7.75. The number of nitrogens with zero attached hydrogens (tertiary/aromatic N) is 2. The van der Waals surface area contributed by atoms with Crippen LogP contribution in [0.25, 0.3) is 0 Å². The lowest BCUT2D eigenvalue weighted by Crippen LogP contribution is -2.16. The van der Waals surface area contributed by atoms with Crippen molar-refractivity contribution in [1.82, 2.24) is 4.98 Å². The summed E-state index contributed by atoms with van der Waals surface area (Å²) in [4.78, 5) is 6.51. The molecule has 0 amide bonds. The molecule has 0 aliphatic carbocycles. The Labute approximate surface area is 96.6 Å². The van der Waals surface area contributed by atoms with E-state index in [1.165, 1.54) is 0 Å². The molecule has 2 heterocycles. The molecular formula is C12H19N3O. The van der Waals surface area contributed by atoms with Gasteiger partial charge in [-0.05, 0) is 18.6 Å². The van der Waals surface area contributed by atoms with E-state index in [1.807, 2.05) is 37.2 Å². The lowest BCUT2D eigenvalue weighted by Gasteiger charge is -2.14. The van der Waals surface area contributed by atoms with E-state index in [1.54, 1.807) is 0 Å². The normalized spacial score (nSPS) is 19.8. The van der Waals surface area contributed by atoms with Gasteiger partial charge in [0.25, 0.3) is 0 Å². The number of ether oxygens (including phenoxy) is 1. The summed E-state index contributed by atoms with van der Waals surface area (Å²) in [5.74, 6) is 2.55. The van der Waals surface area contributed by atoms with Gasteiger partial charge in [-0.1, -0.05) is 6.07 Å². The van der Waals surface area contributed by atoms with Crippen molar-refractivity contribution in [2.24, 2.45) is 5.92 Å². The zero-order valence-electron chi connectivity index (χ0n) is 9.94. The maximum atomic E-state index is 5.34. The number of anilines is 2. The van der Waals surface area contributed by atoms with E-state index in [0.717, 1.165) is 37.8 Å². The minimum Gasteiger partial charge on any atom is -0.381 e. The number of aromatic nitrogens is 1. The molecule has 1 aromatic heterocycles. The highest BCUT2D eigenvalue weighted by Gasteiger charge is 2.15. The van der Waals surface area contributed by atoms with Crippen LogP contribution in [0.3, 0.4) is 0 Å². The van der Waals surface area contributed by atoms with Crippen molar-refractivity contribution in [1.29, 1.82) is 0 Å². The fourth-order valence-electron chi connectivity index (χ4n) is 1.76. The first-order valence-electron chi connectivity index (χ1n) is 5.71. The summed E-state index contributed by atoms with van der Waals surface area (Å²) in [5.41, 5.74) is 0. The van der Waals surface area contributed by atoms with E-state index in [2.05, 4.69) is 10.3 Å². The Kier molecular flexibility index (Phi) is 3.62. The van der Waals surface area contributed by atoms with Crippen LogP contribution >= 0.6 is 0 Å². The van der Waals surface area contributed by atoms with Crippen molar-refractivity contribution in [3.8, 4) is 0 Å². The maximum absolute atomic E-state index is 5.34. The second kappa shape index (κ2) is 5.16. The summed E-state index contributed by atoms with van der Waals surface area (Å²) in [7, 11) is 3.99. The number of rotatable bonds is 4. The van der Waals surface area contributed by atoms with Crippen molar-refractivity contribution in [2.75, 3.05) is 44.1 Å². The quantitative estimate of drug-likeness (QED) is 0.838. The summed E-state index contributed by atoms with van der Waals surface area (Å²) < 4.78 is 5.34. The molecule has 1 fully saturated rings. The molecule has 4 nitrogen and oxygen atoms in total. The molecule has 1 N–H and O–H groups in total. The summed E-state index contributed by atoms with van der Waals surface area (Å²) in [6, 6.07) is 6.03. The molecule has 0 saturated carbocycles. The first-order valence-corrected chi connectivity index (χ1v) is 5.71. The molecule has 1 aliphatic heterocycles. The standard InChI is InChI=1S/C12H19N3O/c1-15(2)12-5-3-4-11(14-12)13-8-10-6-7-16-9-10/h3-5,10H,6-9H2,1-2H3,(H,13,14). The minimum absolute atomic E-state index is 0.629. The van der Waals surface area contributed by atoms with E-state index in [9.17, 15) is 0 Å². The molecule has 4 heteroatoms. The Hall–Kier alpha value is -1.29. The topological polar surface area (TPSA) is 37.4 Å². The van der Waals surface area contributed by atoms with Crippen molar-refractivity contribution in [2.45, 2.75) is 6.42 Å². The summed E-state index contributed by atoms with van der Waals surface area (Å²) >= 11 is 0. The fraction of sp³-hybridized carbons (Fsp3) is 0.583. The molecule has 1 atom stereocenters. The minimum atomic E-state index is 0.629. The van der Waals surface area contributed by atoms with Gasteiger partial charge in [-0.15, -0.1) is 0 Å². The molecule has 2 rings (SSSR count). The predicted molar refractivity (Wildman–Crippen MR) is 66.0 cm³/mol. The fourth-order valence-corrected chi connectivity index (χ4v) is 1.76. The zero-order chi connectivity index (χ0) is 11.4. The van der Waals surface area contributed by atoms with E-state index in [4.69, 9.17) is 4.74 Å². The van der Waals surface area contributed by atoms with Crippen LogP contribution in [0, 0.1) is 5.92 Å². The molecule has 1 saturated heterocycles. The van der Waals surface area contributed by atoms with Gasteiger partial charge in [0, 0.05) is 33.2 Å². The van der Waals surface area contributed by atoms with Gasteiger partial charge in [-0.2, -0.15) is 0 Å². The molecule has 0 radical (unpaired) electrons. The summed E-state index contributed by atoms with van der Waals surface area (Å²) in [5, 5.41) is 3.36. The van der Waals surface area contributed by atoms with E-state index in [0.29, 0.717) is 5.92 Å². The predicted octanol–water partition coefficient (Wildman–Crippen LogP) is 1.60. The Morgan fingerprint density at radius 2 is 2.38 bits per heavy atom. The van der Waals surface area contributed by atoms with Gasteiger partial charge in [0.15, 0.2) is 0 Å². The van der Waals surface area contributed by atoms with Gasteiger partial charge in [0.05, 0.1) is 6.61 Å². The van der Waals surface area contributed by atoms with Gasteiger partial charge < -0.3 is 15.0 Å². The molecule has 88 valence electrons. The SMILES string of the molecule is CN(C)c1cccc(NCC2CCOC2)n1. The van der Waals surface area contributed by atoms with Crippen molar-refractivity contribution in [3.05, 3.63) is 18.2 Å². The molecule has 0 bridgehead atoms. The average molecular weight is 221 g/mol. The average Bonchev–Trinajstić information content (AvgIpc) is 2.79. The van der Waals surface area contributed by atoms with Crippen LogP contribution in [-0.2, 0) is 4.74 Å².